The highest BCUT2D eigenvalue weighted by atomic mass is 16.6. The van der Waals surface area contributed by atoms with E-state index in [2.05, 4.69) is 11.4 Å². The van der Waals surface area contributed by atoms with Gasteiger partial charge in [-0.2, -0.15) is 5.26 Å². The van der Waals surface area contributed by atoms with Crippen molar-refractivity contribution in [2.24, 2.45) is 0 Å². The second-order valence-electron chi connectivity index (χ2n) is 6.41. The molecule has 0 atom stereocenters. The topological polar surface area (TPSA) is 82.3 Å². The molecule has 0 unspecified atom stereocenters. The van der Waals surface area contributed by atoms with Crippen LogP contribution in [0.25, 0.3) is 0 Å². The third-order valence-electron chi connectivity index (χ3n) is 3.58. The molecule has 2 N–H and O–H groups in total. The summed E-state index contributed by atoms with van der Waals surface area (Å²) in [6.45, 7) is 5.33. The zero-order valence-electron chi connectivity index (χ0n) is 12.6. The van der Waals surface area contributed by atoms with Gasteiger partial charge in [-0.1, -0.05) is 6.07 Å². The first-order valence-electron chi connectivity index (χ1n) is 7.00. The van der Waals surface area contributed by atoms with Crippen molar-refractivity contribution in [2.45, 2.75) is 51.0 Å². The molecule has 112 valence electrons. The summed E-state index contributed by atoms with van der Waals surface area (Å²) in [5, 5.41) is 22.0. The first kappa shape index (κ1) is 15.2. The van der Waals surface area contributed by atoms with Crippen molar-refractivity contribution in [1.82, 2.24) is 0 Å². The molecule has 1 aromatic carbocycles. The lowest BCUT2D eigenvalue weighted by molar-refractivity contribution is 0.0636. The Morgan fingerprint density at radius 3 is 2.52 bits per heavy atom. The summed E-state index contributed by atoms with van der Waals surface area (Å²) in [7, 11) is 0. The number of aromatic hydroxyl groups is 1. The summed E-state index contributed by atoms with van der Waals surface area (Å²) in [6.07, 6.45) is 1.93. The van der Waals surface area contributed by atoms with Crippen LogP contribution in [0, 0.1) is 11.3 Å². The van der Waals surface area contributed by atoms with Crippen molar-refractivity contribution in [3.63, 3.8) is 0 Å². The first-order valence-corrected chi connectivity index (χ1v) is 7.00. The minimum Gasteiger partial charge on any atom is -0.508 e. The summed E-state index contributed by atoms with van der Waals surface area (Å²) in [6, 6.07) is 7.12. The standard InChI is InChI=1S/C16H20N2O3/c1-15(2,3)21-14(20)18-11-5-6-12(13(19)9-11)16(10-17)7-4-8-16/h5-6,9,19H,4,7-8H2,1-3H3,(H,18,20). The fourth-order valence-electron chi connectivity index (χ4n) is 2.41. The van der Waals surface area contributed by atoms with Gasteiger partial charge >= 0.3 is 6.09 Å². The molecule has 0 heterocycles. The fourth-order valence-corrected chi connectivity index (χ4v) is 2.41. The molecular weight excluding hydrogens is 268 g/mol. The molecule has 0 saturated heterocycles. The van der Waals surface area contributed by atoms with Crippen molar-refractivity contribution in [3.05, 3.63) is 23.8 Å². The molecule has 5 nitrogen and oxygen atoms in total. The van der Waals surface area contributed by atoms with Crippen LogP contribution in [0.3, 0.4) is 0 Å². The second-order valence-corrected chi connectivity index (χ2v) is 6.41. The number of carbonyl (C=O) groups is 1. The number of nitrogens with one attached hydrogen (secondary N) is 1. The van der Waals surface area contributed by atoms with Gasteiger partial charge in [0, 0.05) is 17.3 Å². The molecule has 5 heteroatoms. The third-order valence-corrected chi connectivity index (χ3v) is 3.58. The van der Waals surface area contributed by atoms with E-state index in [1.165, 1.54) is 6.07 Å². The second kappa shape index (κ2) is 5.28. The molecule has 2 rings (SSSR count). The summed E-state index contributed by atoms with van der Waals surface area (Å²) in [4.78, 5) is 11.7. The molecule has 0 spiro atoms. The summed E-state index contributed by atoms with van der Waals surface area (Å²) >= 11 is 0. The summed E-state index contributed by atoms with van der Waals surface area (Å²) in [5.41, 5.74) is -0.0823. The number of phenolic OH excluding ortho intramolecular Hbond substituents is 1. The zero-order valence-corrected chi connectivity index (χ0v) is 12.6. The maximum absolute atomic E-state index is 11.7. The van der Waals surface area contributed by atoms with E-state index in [0.29, 0.717) is 11.3 Å². The van der Waals surface area contributed by atoms with E-state index in [1.807, 2.05) is 0 Å². The van der Waals surface area contributed by atoms with E-state index in [1.54, 1.807) is 32.9 Å². The van der Waals surface area contributed by atoms with E-state index < -0.39 is 17.1 Å². The number of hydrogen-bond acceptors (Lipinski definition) is 4. The Balaban J connectivity index is 2.13. The van der Waals surface area contributed by atoms with Crippen LogP contribution in [0.4, 0.5) is 10.5 Å². The van der Waals surface area contributed by atoms with E-state index >= 15 is 0 Å². The van der Waals surface area contributed by atoms with Crippen LogP contribution in [-0.4, -0.2) is 16.8 Å². The largest absolute Gasteiger partial charge is 0.508 e. The van der Waals surface area contributed by atoms with Gasteiger partial charge in [0.15, 0.2) is 0 Å². The van der Waals surface area contributed by atoms with Crippen LogP contribution in [0.5, 0.6) is 5.75 Å². The number of benzene rings is 1. The van der Waals surface area contributed by atoms with E-state index in [4.69, 9.17) is 4.74 Å². The number of anilines is 1. The fraction of sp³-hybridized carbons (Fsp3) is 0.500. The lowest BCUT2D eigenvalue weighted by atomic mass is 9.65. The number of rotatable bonds is 2. The Labute approximate surface area is 124 Å². The molecule has 1 aromatic rings. The number of ether oxygens (including phenoxy) is 1. The maximum atomic E-state index is 11.7. The molecule has 1 aliphatic carbocycles. The SMILES string of the molecule is CC(C)(C)OC(=O)Nc1ccc(C2(C#N)CCC2)c(O)c1. The lowest BCUT2D eigenvalue weighted by Gasteiger charge is -2.36. The predicted molar refractivity (Wildman–Crippen MR) is 79.1 cm³/mol. The quantitative estimate of drug-likeness (QED) is 0.869. The number of amides is 1. The molecule has 1 saturated carbocycles. The Morgan fingerprint density at radius 1 is 1.43 bits per heavy atom. The maximum Gasteiger partial charge on any atom is 0.412 e. The van der Waals surface area contributed by atoms with Crippen LogP contribution >= 0.6 is 0 Å². The Morgan fingerprint density at radius 2 is 2.10 bits per heavy atom. The van der Waals surface area contributed by atoms with Gasteiger partial charge in [0.2, 0.25) is 0 Å². The van der Waals surface area contributed by atoms with Gasteiger partial charge in [-0.15, -0.1) is 0 Å². The molecule has 21 heavy (non-hydrogen) atoms. The van der Waals surface area contributed by atoms with Crippen molar-refractivity contribution >= 4 is 11.8 Å². The minimum absolute atomic E-state index is 0.0322. The third kappa shape index (κ3) is 3.27. The van der Waals surface area contributed by atoms with Crippen LogP contribution in [0.2, 0.25) is 0 Å². The van der Waals surface area contributed by atoms with Crippen molar-refractivity contribution in [2.75, 3.05) is 5.32 Å². The van der Waals surface area contributed by atoms with E-state index in [0.717, 1.165) is 19.3 Å². The van der Waals surface area contributed by atoms with Crippen LogP contribution in [-0.2, 0) is 10.2 Å². The van der Waals surface area contributed by atoms with Crippen molar-refractivity contribution in [3.8, 4) is 11.8 Å². The highest BCUT2D eigenvalue weighted by Gasteiger charge is 2.40. The molecule has 1 fully saturated rings. The monoisotopic (exact) mass is 288 g/mol. The molecule has 0 aromatic heterocycles. The van der Waals surface area contributed by atoms with Crippen molar-refractivity contribution < 1.29 is 14.6 Å². The molecule has 1 amide bonds. The normalized spacial score (nSPS) is 16.5. The molecular formula is C16H20N2O3. The molecule has 0 radical (unpaired) electrons. The Hall–Kier alpha value is -2.22. The summed E-state index contributed by atoms with van der Waals surface area (Å²) in [5.74, 6) is 0.0322. The van der Waals surface area contributed by atoms with E-state index in [-0.39, 0.29) is 5.75 Å². The predicted octanol–water partition coefficient (Wildman–Crippen LogP) is 3.68. The zero-order chi connectivity index (χ0) is 15.7. The van der Waals surface area contributed by atoms with Crippen LogP contribution in [0.1, 0.15) is 45.6 Å². The van der Waals surface area contributed by atoms with Gasteiger partial charge < -0.3 is 9.84 Å². The highest BCUT2D eigenvalue weighted by molar-refractivity contribution is 5.85. The van der Waals surface area contributed by atoms with Gasteiger partial charge in [-0.3, -0.25) is 5.32 Å². The number of nitriles is 1. The average Bonchev–Trinajstić information content (AvgIpc) is 2.28. The van der Waals surface area contributed by atoms with Gasteiger partial charge in [0.05, 0.1) is 11.5 Å². The van der Waals surface area contributed by atoms with Crippen LogP contribution < -0.4 is 5.32 Å². The first-order chi connectivity index (χ1) is 9.76. The smallest absolute Gasteiger partial charge is 0.412 e. The Kier molecular flexibility index (Phi) is 3.82. The number of carbonyl (C=O) groups excluding carboxylic acids is 1. The van der Waals surface area contributed by atoms with E-state index in [9.17, 15) is 15.2 Å². The highest BCUT2D eigenvalue weighted by Crippen LogP contribution is 2.46. The minimum atomic E-state index is -0.580. The van der Waals surface area contributed by atoms with Gasteiger partial charge in [0.25, 0.3) is 0 Å². The van der Waals surface area contributed by atoms with Gasteiger partial charge in [-0.25, -0.2) is 4.79 Å². The number of hydrogen-bond donors (Lipinski definition) is 2. The lowest BCUT2D eigenvalue weighted by Crippen LogP contribution is -2.32. The van der Waals surface area contributed by atoms with Crippen LogP contribution in [0.15, 0.2) is 18.2 Å². The number of phenols is 1. The molecule has 1 aliphatic rings. The molecule has 0 aliphatic heterocycles. The summed E-state index contributed by atoms with van der Waals surface area (Å²) < 4.78 is 5.15. The average molecular weight is 288 g/mol. The Bertz CT molecular complexity index is 593. The van der Waals surface area contributed by atoms with Crippen molar-refractivity contribution in [1.29, 1.82) is 5.26 Å². The molecule has 0 bridgehead atoms. The number of nitrogens with zero attached hydrogens (tertiary/aromatic N) is 1. The van der Waals surface area contributed by atoms with Gasteiger partial charge in [0.1, 0.15) is 11.4 Å². The van der Waals surface area contributed by atoms with Gasteiger partial charge in [-0.05, 0) is 46.1 Å².